The number of halogens is 1. The minimum atomic E-state index is -0.717. The van der Waals surface area contributed by atoms with Crippen molar-refractivity contribution in [3.63, 3.8) is 0 Å². The molecule has 18 heavy (non-hydrogen) atoms. The van der Waals surface area contributed by atoms with E-state index in [4.69, 9.17) is 10.5 Å². The Kier molecular flexibility index (Phi) is 3.93. The molecule has 0 aliphatic carbocycles. The second-order valence-corrected chi connectivity index (χ2v) is 4.80. The monoisotopic (exact) mass is 313 g/mol. The number of amides is 2. The van der Waals surface area contributed by atoms with Gasteiger partial charge in [0.25, 0.3) is 5.91 Å². The fourth-order valence-electron chi connectivity index (χ4n) is 1.78. The fraction of sp³-hybridized carbons (Fsp3) is 0.364. The van der Waals surface area contributed by atoms with Crippen molar-refractivity contribution >= 4 is 27.7 Å². The first kappa shape index (κ1) is 13.0. The number of pyridine rings is 1. The standard InChI is InChI=1S/C11H12BrN3O3/c12-8-3-7(4-14-5-8)11(17)15-1-2-18-6-9(15)10(13)16/h3-5,9H,1-2,6H2,(H2,13,16). The summed E-state index contributed by atoms with van der Waals surface area (Å²) in [6.45, 7) is 0.887. The number of nitrogens with two attached hydrogens (primary N) is 1. The molecule has 1 aliphatic heterocycles. The van der Waals surface area contributed by atoms with Gasteiger partial charge in [-0.05, 0) is 22.0 Å². The molecule has 1 atom stereocenters. The van der Waals surface area contributed by atoms with E-state index < -0.39 is 11.9 Å². The zero-order chi connectivity index (χ0) is 13.1. The highest BCUT2D eigenvalue weighted by atomic mass is 79.9. The predicted molar refractivity (Wildman–Crippen MR) is 66.8 cm³/mol. The molecule has 2 rings (SSSR count). The van der Waals surface area contributed by atoms with Gasteiger partial charge in [-0.1, -0.05) is 0 Å². The zero-order valence-electron chi connectivity index (χ0n) is 9.51. The third-order valence-corrected chi connectivity index (χ3v) is 3.10. The molecule has 1 aromatic heterocycles. The van der Waals surface area contributed by atoms with Gasteiger partial charge in [-0.2, -0.15) is 0 Å². The Bertz CT molecular complexity index is 480. The van der Waals surface area contributed by atoms with E-state index in [1.165, 1.54) is 11.1 Å². The number of ether oxygens (including phenoxy) is 1. The van der Waals surface area contributed by atoms with Crippen molar-refractivity contribution in [3.05, 3.63) is 28.5 Å². The van der Waals surface area contributed by atoms with Crippen LogP contribution >= 0.6 is 15.9 Å². The Morgan fingerprint density at radius 3 is 2.94 bits per heavy atom. The number of nitrogens with zero attached hydrogens (tertiary/aromatic N) is 2. The van der Waals surface area contributed by atoms with Gasteiger partial charge < -0.3 is 15.4 Å². The third kappa shape index (κ3) is 2.68. The van der Waals surface area contributed by atoms with Crippen molar-refractivity contribution in [2.24, 2.45) is 5.73 Å². The van der Waals surface area contributed by atoms with Crippen LogP contribution in [0, 0.1) is 0 Å². The summed E-state index contributed by atoms with van der Waals surface area (Å²) in [6.07, 6.45) is 3.04. The van der Waals surface area contributed by atoms with Gasteiger partial charge in [-0.25, -0.2) is 0 Å². The highest BCUT2D eigenvalue weighted by Crippen LogP contribution is 2.15. The Morgan fingerprint density at radius 1 is 1.50 bits per heavy atom. The van der Waals surface area contributed by atoms with Crippen LogP contribution in [-0.2, 0) is 9.53 Å². The molecular formula is C11H12BrN3O3. The molecule has 1 unspecified atom stereocenters. The molecule has 0 aromatic carbocycles. The summed E-state index contributed by atoms with van der Waals surface area (Å²) < 4.78 is 5.87. The number of primary amides is 1. The van der Waals surface area contributed by atoms with E-state index in [9.17, 15) is 9.59 Å². The van der Waals surface area contributed by atoms with E-state index in [1.807, 2.05) is 0 Å². The molecule has 2 amide bonds. The molecular weight excluding hydrogens is 302 g/mol. The lowest BCUT2D eigenvalue weighted by molar-refractivity contribution is -0.127. The first-order valence-electron chi connectivity index (χ1n) is 5.38. The summed E-state index contributed by atoms with van der Waals surface area (Å²) >= 11 is 3.25. The van der Waals surface area contributed by atoms with Crippen LogP contribution in [0.15, 0.2) is 22.9 Å². The number of morpholine rings is 1. The molecule has 1 fully saturated rings. The van der Waals surface area contributed by atoms with Gasteiger partial charge in [-0.3, -0.25) is 14.6 Å². The largest absolute Gasteiger partial charge is 0.377 e. The van der Waals surface area contributed by atoms with Crippen molar-refractivity contribution in [1.82, 2.24) is 9.88 Å². The normalized spacial score (nSPS) is 19.6. The maximum atomic E-state index is 12.3. The lowest BCUT2D eigenvalue weighted by atomic mass is 10.1. The molecule has 0 spiro atoms. The fourth-order valence-corrected chi connectivity index (χ4v) is 2.14. The summed E-state index contributed by atoms with van der Waals surface area (Å²) in [5.74, 6) is -0.832. The molecule has 96 valence electrons. The Hall–Kier alpha value is -1.47. The average Bonchev–Trinajstić information content (AvgIpc) is 2.38. The molecule has 1 aromatic rings. The molecule has 0 radical (unpaired) electrons. The Morgan fingerprint density at radius 2 is 2.28 bits per heavy atom. The lowest BCUT2D eigenvalue weighted by Crippen LogP contribution is -2.54. The smallest absolute Gasteiger partial charge is 0.256 e. The SMILES string of the molecule is NC(=O)C1COCCN1C(=O)c1cncc(Br)c1. The van der Waals surface area contributed by atoms with E-state index in [-0.39, 0.29) is 12.5 Å². The van der Waals surface area contributed by atoms with E-state index in [2.05, 4.69) is 20.9 Å². The van der Waals surface area contributed by atoms with Crippen LogP contribution in [0.3, 0.4) is 0 Å². The number of hydrogen-bond acceptors (Lipinski definition) is 4. The number of carbonyl (C=O) groups is 2. The van der Waals surface area contributed by atoms with E-state index >= 15 is 0 Å². The van der Waals surface area contributed by atoms with Crippen LogP contribution in [0.5, 0.6) is 0 Å². The Balaban J connectivity index is 2.23. The molecule has 0 bridgehead atoms. The second kappa shape index (κ2) is 5.45. The van der Waals surface area contributed by atoms with E-state index in [0.717, 1.165) is 0 Å². The van der Waals surface area contributed by atoms with Crippen LogP contribution in [0.1, 0.15) is 10.4 Å². The third-order valence-electron chi connectivity index (χ3n) is 2.67. The first-order chi connectivity index (χ1) is 8.59. The zero-order valence-corrected chi connectivity index (χ0v) is 11.1. The number of hydrogen-bond donors (Lipinski definition) is 1. The maximum Gasteiger partial charge on any atom is 0.256 e. The molecule has 0 saturated carbocycles. The summed E-state index contributed by atoms with van der Waals surface area (Å²) in [6, 6.07) is 0.938. The minimum Gasteiger partial charge on any atom is -0.377 e. The quantitative estimate of drug-likeness (QED) is 0.843. The molecule has 7 heteroatoms. The first-order valence-corrected chi connectivity index (χ1v) is 6.17. The number of carbonyl (C=O) groups excluding carboxylic acids is 2. The molecule has 1 saturated heterocycles. The maximum absolute atomic E-state index is 12.3. The van der Waals surface area contributed by atoms with Gasteiger partial charge in [0.1, 0.15) is 6.04 Å². The highest BCUT2D eigenvalue weighted by Gasteiger charge is 2.32. The van der Waals surface area contributed by atoms with Gasteiger partial charge in [0.15, 0.2) is 0 Å². The highest BCUT2D eigenvalue weighted by molar-refractivity contribution is 9.10. The van der Waals surface area contributed by atoms with Gasteiger partial charge in [0.05, 0.1) is 18.8 Å². The summed E-state index contributed by atoms with van der Waals surface area (Å²) in [5.41, 5.74) is 5.68. The molecule has 6 nitrogen and oxygen atoms in total. The van der Waals surface area contributed by atoms with Gasteiger partial charge in [0, 0.05) is 23.4 Å². The van der Waals surface area contributed by atoms with Gasteiger partial charge >= 0.3 is 0 Å². The lowest BCUT2D eigenvalue weighted by Gasteiger charge is -2.33. The minimum absolute atomic E-state index is 0.141. The molecule has 2 heterocycles. The van der Waals surface area contributed by atoms with Crippen molar-refractivity contribution in [2.45, 2.75) is 6.04 Å². The number of aromatic nitrogens is 1. The number of rotatable bonds is 2. The van der Waals surface area contributed by atoms with Crippen molar-refractivity contribution in [3.8, 4) is 0 Å². The van der Waals surface area contributed by atoms with Crippen LogP contribution in [0.2, 0.25) is 0 Å². The van der Waals surface area contributed by atoms with Crippen LogP contribution < -0.4 is 5.73 Å². The summed E-state index contributed by atoms with van der Waals surface area (Å²) in [4.78, 5) is 28.9. The van der Waals surface area contributed by atoms with E-state index in [1.54, 1.807) is 12.3 Å². The summed E-state index contributed by atoms with van der Waals surface area (Å²) in [5, 5.41) is 0. The van der Waals surface area contributed by atoms with Gasteiger partial charge in [0.2, 0.25) is 5.91 Å². The Labute approximate surface area is 112 Å². The van der Waals surface area contributed by atoms with Crippen molar-refractivity contribution < 1.29 is 14.3 Å². The van der Waals surface area contributed by atoms with Crippen LogP contribution in [0.4, 0.5) is 0 Å². The van der Waals surface area contributed by atoms with Crippen LogP contribution in [0.25, 0.3) is 0 Å². The van der Waals surface area contributed by atoms with Gasteiger partial charge in [-0.15, -0.1) is 0 Å². The van der Waals surface area contributed by atoms with Crippen molar-refractivity contribution in [2.75, 3.05) is 19.8 Å². The molecule has 2 N–H and O–H groups in total. The summed E-state index contributed by atoms with van der Waals surface area (Å²) in [7, 11) is 0. The topological polar surface area (TPSA) is 85.5 Å². The van der Waals surface area contributed by atoms with E-state index in [0.29, 0.717) is 23.2 Å². The second-order valence-electron chi connectivity index (χ2n) is 3.88. The van der Waals surface area contributed by atoms with Crippen molar-refractivity contribution in [1.29, 1.82) is 0 Å². The average molecular weight is 314 g/mol. The predicted octanol–water partition coefficient (Wildman–Crippen LogP) is 0.170. The van der Waals surface area contributed by atoms with Crippen LogP contribution in [-0.4, -0.2) is 47.5 Å². The molecule has 1 aliphatic rings.